The van der Waals surface area contributed by atoms with Crippen LogP contribution in [0.5, 0.6) is 0 Å². The lowest BCUT2D eigenvalue weighted by Crippen LogP contribution is -2.30. The van der Waals surface area contributed by atoms with Crippen LogP contribution < -0.4 is 0 Å². The molecule has 1 aromatic heterocycles. The quantitative estimate of drug-likeness (QED) is 0.842. The number of hydrogen-bond acceptors (Lipinski definition) is 3. The average molecular weight is 336 g/mol. The number of alkyl halides is 2. The van der Waals surface area contributed by atoms with Gasteiger partial charge in [-0.05, 0) is 36.2 Å². The number of carbonyl (C=O) groups is 1. The van der Waals surface area contributed by atoms with Crippen LogP contribution in [-0.4, -0.2) is 28.6 Å². The molecule has 0 N–H and O–H groups in total. The molecule has 0 radical (unpaired) electrons. The predicted molar refractivity (Wildman–Crippen MR) is 80.9 cm³/mol. The summed E-state index contributed by atoms with van der Waals surface area (Å²) in [6.45, 7) is 2.52. The third-order valence-corrected chi connectivity index (χ3v) is 3.93. The van der Waals surface area contributed by atoms with Gasteiger partial charge < -0.3 is 4.74 Å². The topological polar surface area (TPSA) is 42.4 Å². The average Bonchev–Trinajstić information content (AvgIpc) is 2.87. The van der Waals surface area contributed by atoms with Crippen LogP contribution in [0, 0.1) is 5.82 Å². The van der Waals surface area contributed by atoms with Crippen LogP contribution in [0.15, 0.2) is 36.7 Å². The molecule has 126 valence electrons. The van der Waals surface area contributed by atoms with E-state index in [4.69, 9.17) is 4.74 Å². The maximum absolute atomic E-state index is 13.4. The van der Waals surface area contributed by atoms with E-state index in [1.54, 1.807) is 17.2 Å². The molecule has 24 heavy (non-hydrogen) atoms. The first kappa shape index (κ1) is 16.3. The molecule has 1 aromatic carbocycles. The van der Waals surface area contributed by atoms with Crippen molar-refractivity contribution in [1.29, 1.82) is 0 Å². The fourth-order valence-electron chi connectivity index (χ4n) is 2.58. The summed E-state index contributed by atoms with van der Waals surface area (Å²) in [5.41, 5.74) is 1.11. The minimum Gasteiger partial charge on any atom is -0.447 e. The molecule has 1 atom stereocenters. The fraction of sp³-hybridized carbons (Fsp3) is 0.294. The number of cyclic esters (lactones) is 1. The summed E-state index contributed by atoms with van der Waals surface area (Å²) in [5.74, 6) is -0.938. The second kappa shape index (κ2) is 6.51. The molecule has 0 aliphatic carbocycles. The zero-order chi connectivity index (χ0) is 17.3. The molecule has 1 aliphatic rings. The zero-order valence-electron chi connectivity index (χ0n) is 12.9. The Labute approximate surface area is 136 Å². The molecule has 1 fully saturated rings. The van der Waals surface area contributed by atoms with Gasteiger partial charge in [0.25, 0.3) is 6.43 Å². The molecule has 1 amide bonds. The number of ether oxygens (including phenoxy) is 1. The summed E-state index contributed by atoms with van der Waals surface area (Å²) >= 11 is 0. The number of halogens is 3. The van der Waals surface area contributed by atoms with E-state index in [-0.39, 0.29) is 6.04 Å². The Bertz CT molecular complexity index is 767. The van der Waals surface area contributed by atoms with E-state index in [0.29, 0.717) is 24.3 Å². The van der Waals surface area contributed by atoms with Crippen molar-refractivity contribution in [1.82, 2.24) is 9.88 Å². The standard InChI is InChI=1S/C17H15F3N2O2/c1-10-9-24-17(23)22(10)8-11-4-13(7-21-6-11)12-2-3-15(18)14(5-12)16(19)20/h2-7,10,16H,8-9H2,1H3. The number of hydrogen-bond donors (Lipinski definition) is 0. The Morgan fingerprint density at radius 2 is 2.08 bits per heavy atom. The van der Waals surface area contributed by atoms with Crippen molar-refractivity contribution in [3.8, 4) is 11.1 Å². The fourth-order valence-corrected chi connectivity index (χ4v) is 2.58. The van der Waals surface area contributed by atoms with Crippen molar-refractivity contribution in [3.63, 3.8) is 0 Å². The van der Waals surface area contributed by atoms with E-state index >= 15 is 0 Å². The van der Waals surface area contributed by atoms with Crippen LogP contribution in [0.2, 0.25) is 0 Å². The second-order valence-electron chi connectivity index (χ2n) is 5.67. The van der Waals surface area contributed by atoms with Crippen LogP contribution in [0.3, 0.4) is 0 Å². The van der Waals surface area contributed by atoms with E-state index in [9.17, 15) is 18.0 Å². The molecule has 2 heterocycles. The first-order valence-corrected chi connectivity index (χ1v) is 7.41. The number of amides is 1. The Morgan fingerprint density at radius 3 is 2.75 bits per heavy atom. The van der Waals surface area contributed by atoms with Gasteiger partial charge in [-0.3, -0.25) is 9.88 Å². The highest BCUT2D eigenvalue weighted by atomic mass is 19.3. The van der Waals surface area contributed by atoms with Gasteiger partial charge >= 0.3 is 6.09 Å². The van der Waals surface area contributed by atoms with E-state index < -0.39 is 23.9 Å². The number of carbonyl (C=O) groups excluding carboxylic acids is 1. The minimum absolute atomic E-state index is 0.0441. The molecule has 0 saturated carbocycles. The molecule has 2 aromatic rings. The van der Waals surface area contributed by atoms with E-state index in [2.05, 4.69) is 4.98 Å². The van der Waals surface area contributed by atoms with Crippen LogP contribution in [0.4, 0.5) is 18.0 Å². The Morgan fingerprint density at radius 1 is 1.29 bits per heavy atom. The number of pyridine rings is 1. The molecule has 0 spiro atoms. The third-order valence-electron chi connectivity index (χ3n) is 3.93. The largest absolute Gasteiger partial charge is 0.447 e. The first-order chi connectivity index (χ1) is 11.5. The first-order valence-electron chi connectivity index (χ1n) is 7.41. The lowest BCUT2D eigenvalue weighted by Gasteiger charge is -2.18. The van der Waals surface area contributed by atoms with E-state index in [1.165, 1.54) is 12.3 Å². The number of rotatable bonds is 4. The summed E-state index contributed by atoms with van der Waals surface area (Å²) < 4.78 is 44.1. The molecule has 7 heteroatoms. The maximum atomic E-state index is 13.4. The molecule has 1 unspecified atom stereocenters. The third kappa shape index (κ3) is 3.20. The van der Waals surface area contributed by atoms with Gasteiger partial charge in [0.05, 0.1) is 18.2 Å². The highest BCUT2D eigenvalue weighted by molar-refractivity contribution is 5.70. The van der Waals surface area contributed by atoms with Crippen molar-refractivity contribution in [3.05, 3.63) is 53.6 Å². The predicted octanol–water partition coefficient (Wildman–Crippen LogP) is 4.17. The van der Waals surface area contributed by atoms with Gasteiger partial charge in [-0.25, -0.2) is 18.0 Å². The van der Waals surface area contributed by atoms with Crippen LogP contribution in [-0.2, 0) is 11.3 Å². The summed E-state index contributed by atoms with van der Waals surface area (Å²) in [4.78, 5) is 17.3. The molecule has 4 nitrogen and oxygen atoms in total. The van der Waals surface area contributed by atoms with Crippen LogP contribution in [0.25, 0.3) is 11.1 Å². The molecule has 3 rings (SSSR count). The molecular formula is C17H15F3N2O2. The van der Waals surface area contributed by atoms with Crippen LogP contribution in [0.1, 0.15) is 24.5 Å². The SMILES string of the molecule is CC1COC(=O)N1Cc1cncc(-c2ccc(F)c(C(F)F)c2)c1. The van der Waals surface area contributed by atoms with Gasteiger partial charge in [0, 0.05) is 18.0 Å². The van der Waals surface area contributed by atoms with E-state index in [0.717, 1.165) is 17.7 Å². The molecule has 0 bridgehead atoms. The van der Waals surface area contributed by atoms with Gasteiger partial charge in [-0.2, -0.15) is 0 Å². The second-order valence-corrected chi connectivity index (χ2v) is 5.67. The summed E-state index contributed by atoms with van der Waals surface area (Å²) in [6.07, 6.45) is -0.173. The lowest BCUT2D eigenvalue weighted by atomic mass is 10.0. The molecule has 1 saturated heterocycles. The van der Waals surface area contributed by atoms with E-state index in [1.807, 2.05) is 6.92 Å². The summed E-state index contributed by atoms with van der Waals surface area (Å²) in [7, 11) is 0. The smallest absolute Gasteiger partial charge is 0.410 e. The Kier molecular flexibility index (Phi) is 4.42. The maximum Gasteiger partial charge on any atom is 0.410 e. The van der Waals surface area contributed by atoms with Gasteiger partial charge in [0.2, 0.25) is 0 Å². The molecular weight excluding hydrogens is 321 g/mol. The zero-order valence-corrected chi connectivity index (χ0v) is 12.9. The monoisotopic (exact) mass is 336 g/mol. The van der Waals surface area contributed by atoms with Gasteiger partial charge in [-0.15, -0.1) is 0 Å². The number of nitrogens with zero attached hydrogens (tertiary/aromatic N) is 2. The van der Waals surface area contributed by atoms with Crippen molar-refractivity contribution in [2.45, 2.75) is 25.9 Å². The van der Waals surface area contributed by atoms with Crippen molar-refractivity contribution >= 4 is 6.09 Å². The minimum atomic E-state index is -2.89. The lowest BCUT2D eigenvalue weighted by molar-refractivity contribution is 0.146. The van der Waals surface area contributed by atoms with Gasteiger partial charge in [0.1, 0.15) is 12.4 Å². The van der Waals surface area contributed by atoms with Crippen molar-refractivity contribution in [2.24, 2.45) is 0 Å². The Hall–Kier alpha value is -2.57. The molecule has 1 aliphatic heterocycles. The highest BCUT2D eigenvalue weighted by Gasteiger charge is 2.29. The van der Waals surface area contributed by atoms with Gasteiger partial charge in [0.15, 0.2) is 0 Å². The van der Waals surface area contributed by atoms with Gasteiger partial charge in [-0.1, -0.05) is 6.07 Å². The normalized spacial score (nSPS) is 17.5. The van der Waals surface area contributed by atoms with Crippen LogP contribution >= 0.6 is 0 Å². The van der Waals surface area contributed by atoms with Crippen molar-refractivity contribution < 1.29 is 22.7 Å². The summed E-state index contributed by atoms with van der Waals surface area (Å²) in [5, 5.41) is 0. The summed E-state index contributed by atoms with van der Waals surface area (Å²) in [6, 6.07) is 5.26. The van der Waals surface area contributed by atoms with Crippen molar-refractivity contribution in [2.75, 3.05) is 6.61 Å². The highest BCUT2D eigenvalue weighted by Crippen LogP contribution is 2.28. The number of aromatic nitrogens is 1. The Balaban J connectivity index is 1.88. The number of benzene rings is 1.